The Morgan fingerprint density at radius 3 is 2.12 bits per heavy atom. The fraction of sp³-hybridized carbons (Fsp3) is 0.364. The van der Waals surface area contributed by atoms with E-state index < -0.39 is 12.3 Å². The summed E-state index contributed by atoms with van der Waals surface area (Å²) in [5.41, 5.74) is 1.64. The number of carbonyl (C=O) groups excluding carboxylic acids is 1. The van der Waals surface area contributed by atoms with E-state index in [1.54, 1.807) is 24.3 Å². The number of nitrogens with zero attached hydrogens (tertiary/aromatic N) is 2. The average Bonchev–Trinajstić information content (AvgIpc) is 2.68. The molecular weight excluding hydrogens is 427 g/mol. The predicted molar refractivity (Wildman–Crippen MR) is 114 cm³/mol. The van der Waals surface area contributed by atoms with Crippen molar-refractivity contribution in [1.82, 2.24) is 9.80 Å². The molecule has 2 N–H and O–H groups in total. The molecule has 0 aliphatic rings. The van der Waals surface area contributed by atoms with Crippen LogP contribution >= 0.6 is 0 Å². The number of anilines is 1. The van der Waals surface area contributed by atoms with Gasteiger partial charge in [-0.2, -0.15) is 0 Å². The summed E-state index contributed by atoms with van der Waals surface area (Å²) in [5.74, 6) is -1.58. The van der Waals surface area contributed by atoms with Gasteiger partial charge in [-0.3, -0.25) is 9.69 Å². The summed E-state index contributed by atoms with van der Waals surface area (Å²) in [6.45, 7) is 2.28. The molecular formula is C22H26F3N3O4. The number of aromatic carboxylic acids is 1. The van der Waals surface area contributed by atoms with Crippen LogP contribution in [0.5, 0.6) is 5.75 Å². The van der Waals surface area contributed by atoms with Gasteiger partial charge >= 0.3 is 12.3 Å². The molecule has 0 bridgehead atoms. The first-order valence-corrected chi connectivity index (χ1v) is 9.87. The van der Waals surface area contributed by atoms with Crippen molar-refractivity contribution in [1.29, 1.82) is 0 Å². The predicted octanol–water partition coefficient (Wildman–Crippen LogP) is 3.68. The van der Waals surface area contributed by atoms with Crippen molar-refractivity contribution < 1.29 is 32.6 Å². The van der Waals surface area contributed by atoms with Gasteiger partial charge in [-0.15, -0.1) is 13.2 Å². The highest BCUT2D eigenvalue weighted by molar-refractivity contribution is 5.92. The molecule has 32 heavy (non-hydrogen) atoms. The number of carbonyl (C=O) groups is 2. The topological polar surface area (TPSA) is 82.1 Å². The van der Waals surface area contributed by atoms with Gasteiger partial charge in [0.15, 0.2) is 0 Å². The van der Waals surface area contributed by atoms with Crippen molar-refractivity contribution in [3.63, 3.8) is 0 Å². The van der Waals surface area contributed by atoms with E-state index in [4.69, 9.17) is 5.11 Å². The normalized spacial score (nSPS) is 11.6. The first kappa shape index (κ1) is 25.2. The molecule has 0 aliphatic carbocycles. The lowest BCUT2D eigenvalue weighted by atomic mass is 10.1. The number of halogens is 3. The number of nitrogens with one attached hydrogen (secondary N) is 1. The highest BCUT2D eigenvalue weighted by atomic mass is 19.4. The number of alkyl halides is 3. The summed E-state index contributed by atoms with van der Waals surface area (Å²) >= 11 is 0. The van der Waals surface area contributed by atoms with Crippen molar-refractivity contribution in [2.45, 2.75) is 19.3 Å². The van der Waals surface area contributed by atoms with Gasteiger partial charge in [0, 0.05) is 12.2 Å². The van der Waals surface area contributed by atoms with Crippen LogP contribution in [0.15, 0.2) is 48.5 Å². The number of likely N-dealkylation sites (N-methyl/N-ethyl adjacent to an activating group) is 1. The van der Waals surface area contributed by atoms with E-state index >= 15 is 0 Å². The molecule has 2 rings (SSSR count). The van der Waals surface area contributed by atoms with Crippen LogP contribution < -0.4 is 10.1 Å². The summed E-state index contributed by atoms with van der Waals surface area (Å²) in [5, 5.41) is 11.6. The number of hydrogen-bond donors (Lipinski definition) is 2. The Labute approximate surface area is 184 Å². The standard InChI is InChI=1S/C22H26F3N3O4/c1-27(14-16-4-6-17(7-5-16)21(30)31)12-3-13-28(2)15-20(29)26-18-8-10-19(11-9-18)32-22(23,24)25/h4-11H,3,12-15H2,1-2H3,(H,26,29)(H,30,31). The Hall–Kier alpha value is -3.11. The van der Waals surface area contributed by atoms with Crippen LogP contribution in [0.4, 0.5) is 18.9 Å². The first-order valence-electron chi connectivity index (χ1n) is 9.87. The molecule has 10 heteroatoms. The molecule has 0 saturated heterocycles. The largest absolute Gasteiger partial charge is 0.573 e. The molecule has 0 unspecified atom stereocenters. The molecule has 0 aliphatic heterocycles. The molecule has 0 saturated carbocycles. The number of hydrogen-bond acceptors (Lipinski definition) is 5. The molecule has 2 aromatic rings. The van der Waals surface area contributed by atoms with E-state index in [9.17, 15) is 22.8 Å². The quantitative estimate of drug-likeness (QED) is 0.540. The van der Waals surface area contributed by atoms with Crippen LogP contribution in [0.1, 0.15) is 22.3 Å². The second-order valence-corrected chi connectivity index (χ2v) is 7.45. The fourth-order valence-electron chi connectivity index (χ4n) is 3.02. The minimum atomic E-state index is -4.76. The van der Waals surface area contributed by atoms with Crippen molar-refractivity contribution in [2.75, 3.05) is 39.0 Å². The Morgan fingerprint density at radius 1 is 0.969 bits per heavy atom. The lowest BCUT2D eigenvalue weighted by Crippen LogP contribution is -2.32. The van der Waals surface area contributed by atoms with Gasteiger partial charge in [0.25, 0.3) is 0 Å². The van der Waals surface area contributed by atoms with Gasteiger partial charge in [0.1, 0.15) is 5.75 Å². The summed E-state index contributed by atoms with van der Waals surface area (Å²) in [6.07, 6.45) is -3.94. The minimum Gasteiger partial charge on any atom is -0.478 e. The van der Waals surface area contributed by atoms with Gasteiger partial charge in [-0.1, -0.05) is 12.1 Å². The molecule has 2 aromatic carbocycles. The Bertz CT molecular complexity index is 887. The maximum Gasteiger partial charge on any atom is 0.573 e. The average molecular weight is 453 g/mol. The molecule has 0 aromatic heterocycles. The Kier molecular flexibility index (Phi) is 9.03. The monoisotopic (exact) mass is 453 g/mol. The van der Waals surface area contributed by atoms with Gasteiger partial charge < -0.3 is 20.1 Å². The number of carboxylic acids is 1. The number of carboxylic acid groups (broad SMARTS) is 1. The van der Waals surface area contributed by atoms with Gasteiger partial charge in [0.05, 0.1) is 12.1 Å². The third-order valence-corrected chi connectivity index (χ3v) is 4.52. The van der Waals surface area contributed by atoms with Crippen LogP contribution in [-0.4, -0.2) is 66.9 Å². The van der Waals surface area contributed by atoms with Gasteiger partial charge in [0.2, 0.25) is 5.91 Å². The lowest BCUT2D eigenvalue weighted by Gasteiger charge is -2.20. The van der Waals surface area contributed by atoms with Crippen LogP contribution in [0.2, 0.25) is 0 Å². The summed E-state index contributed by atoms with van der Waals surface area (Å²) in [7, 11) is 3.77. The fourth-order valence-corrected chi connectivity index (χ4v) is 3.02. The molecule has 0 fully saturated rings. The highest BCUT2D eigenvalue weighted by Crippen LogP contribution is 2.23. The second-order valence-electron chi connectivity index (χ2n) is 7.45. The summed E-state index contributed by atoms with van der Waals surface area (Å²) in [6, 6.07) is 11.7. The van der Waals surface area contributed by atoms with Crippen molar-refractivity contribution in [2.24, 2.45) is 0 Å². The molecule has 0 spiro atoms. The third-order valence-electron chi connectivity index (χ3n) is 4.52. The van der Waals surface area contributed by atoms with Gasteiger partial charge in [-0.05, 0) is 75.6 Å². The smallest absolute Gasteiger partial charge is 0.478 e. The van der Waals surface area contributed by atoms with Crippen LogP contribution in [0.25, 0.3) is 0 Å². The lowest BCUT2D eigenvalue weighted by molar-refractivity contribution is -0.274. The van der Waals surface area contributed by atoms with E-state index in [2.05, 4.69) is 15.0 Å². The highest BCUT2D eigenvalue weighted by Gasteiger charge is 2.30. The Morgan fingerprint density at radius 2 is 1.56 bits per heavy atom. The molecule has 0 radical (unpaired) electrons. The SMILES string of the molecule is CN(CCCN(C)Cc1ccc(C(=O)O)cc1)CC(=O)Nc1ccc(OC(F)(F)F)cc1. The zero-order valence-corrected chi connectivity index (χ0v) is 17.9. The van der Waals surface area contributed by atoms with E-state index in [0.29, 0.717) is 18.8 Å². The molecule has 174 valence electrons. The van der Waals surface area contributed by atoms with Crippen molar-refractivity contribution in [3.8, 4) is 5.75 Å². The van der Waals surface area contributed by atoms with Crippen molar-refractivity contribution >= 4 is 17.6 Å². The summed E-state index contributed by atoms with van der Waals surface area (Å²) < 4.78 is 40.3. The second kappa shape index (κ2) is 11.5. The number of rotatable bonds is 11. The minimum absolute atomic E-state index is 0.140. The van der Waals surface area contributed by atoms with Crippen LogP contribution in [-0.2, 0) is 11.3 Å². The van der Waals surface area contributed by atoms with Crippen molar-refractivity contribution in [3.05, 3.63) is 59.7 Å². The zero-order chi connectivity index (χ0) is 23.7. The molecule has 0 atom stereocenters. The maximum atomic E-state index is 12.2. The van der Waals surface area contributed by atoms with E-state index in [-0.39, 0.29) is 23.8 Å². The third kappa shape index (κ3) is 9.36. The molecule has 7 nitrogen and oxygen atoms in total. The van der Waals surface area contributed by atoms with E-state index in [1.165, 1.54) is 12.1 Å². The van der Waals surface area contributed by atoms with E-state index in [0.717, 1.165) is 30.7 Å². The van der Waals surface area contributed by atoms with Gasteiger partial charge in [-0.25, -0.2) is 4.79 Å². The van der Waals surface area contributed by atoms with Crippen LogP contribution in [0, 0.1) is 0 Å². The number of ether oxygens (including phenoxy) is 1. The first-order chi connectivity index (χ1) is 15.0. The number of benzene rings is 2. The Balaban J connectivity index is 1.68. The number of amides is 1. The van der Waals surface area contributed by atoms with Crippen LogP contribution in [0.3, 0.4) is 0 Å². The zero-order valence-electron chi connectivity index (χ0n) is 17.9. The molecule has 1 amide bonds. The maximum absolute atomic E-state index is 12.2. The summed E-state index contributed by atoms with van der Waals surface area (Å²) in [4.78, 5) is 27.0. The molecule has 0 heterocycles. The van der Waals surface area contributed by atoms with E-state index in [1.807, 2.05) is 19.0 Å².